The van der Waals surface area contributed by atoms with Gasteiger partial charge in [0, 0.05) is 18.7 Å². The minimum atomic E-state index is -0.364. The van der Waals surface area contributed by atoms with Gasteiger partial charge in [-0.25, -0.2) is 0 Å². The number of nitrogens with one attached hydrogen (secondary N) is 1. The molecule has 2 atom stereocenters. The summed E-state index contributed by atoms with van der Waals surface area (Å²) in [7, 11) is 0. The largest absolute Gasteiger partial charge is 0.502 e. The Labute approximate surface area is 118 Å². The SMILES string of the molecule is O=c1cc(CN2CCCC(C3CCCN3)C2)occ1O. The van der Waals surface area contributed by atoms with Gasteiger partial charge in [-0.1, -0.05) is 0 Å². The highest BCUT2D eigenvalue weighted by Gasteiger charge is 2.29. The Morgan fingerprint density at radius 2 is 2.30 bits per heavy atom. The van der Waals surface area contributed by atoms with Crippen molar-refractivity contribution in [3.8, 4) is 5.75 Å². The van der Waals surface area contributed by atoms with Crippen LogP contribution >= 0.6 is 0 Å². The minimum Gasteiger partial charge on any atom is -0.502 e. The van der Waals surface area contributed by atoms with Crippen LogP contribution in [-0.2, 0) is 6.54 Å². The second kappa shape index (κ2) is 5.97. The molecule has 110 valence electrons. The Balaban J connectivity index is 1.61. The second-order valence-corrected chi connectivity index (χ2v) is 5.94. The Bertz CT molecular complexity index is 508. The van der Waals surface area contributed by atoms with Crippen molar-refractivity contribution in [1.29, 1.82) is 0 Å². The fraction of sp³-hybridized carbons (Fsp3) is 0.667. The summed E-state index contributed by atoms with van der Waals surface area (Å²) in [6.45, 7) is 3.91. The smallest absolute Gasteiger partial charge is 0.226 e. The number of hydrogen-bond acceptors (Lipinski definition) is 5. The average molecular weight is 278 g/mol. The lowest BCUT2D eigenvalue weighted by molar-refractivity contribution is 0.136. The van der Waals surface area contributed by atoms with E-state index in [9.17, 15) is 9.90 Å². The Morgan fingerprint density at radius 3 is 3.05 bits per heavy atom. The molecule has 0 aliphatic carbocycles. The molecule has 20 heavy (non-hydrogen) atoms. The molecule has 2 unspecified atom stereocenters. The van der Waals surface area contributed by atoms with E-state index in [1.807, 2.05) is 0 Å². The monoisotopic (exact) mass is 278 g/mol. The molecule has 0 amide bonds. The average Bonchev–Trinajstić information content (AvgIpc) is 2.97. The molecule has 0 saturated carbocycles. The molecule has 0 spiro atoms. The number of hydrogen-bond donors (Lipinski definition) is 2. The van der Waals surface area contributed by atoms with Crippen LogP contribution in [0.2, 0.25) is 0 Å². The van der Waals surface area contributed by atoms with E-state index in [1.54, 1.807) is 0 Å². The van der Waals surface area contributed by atoms with Crippen molar-refractivity contribution in [2.24, 2.45) is 5.92 Å². The minimum absolute atomic E-state index is 0.319. The molecule has 3 rings (SSSR count). The lowest BCUT2D eigenvalue weighted by atomic mass is 9.90. The third-order valence-electron chi connectivity index (χ3n) is 4.46. The van der Waals surface area contributed by atoms with Gasteiger partial charge in [0.05, 0.1) is 6.54 Å². The van der Waals surface area contributed by atoms with Gasteiger partial charge in [-0.2, -0.15) is 0 Å². The first-order valence-corrected chi connectivity index (χ1v) is 7.49. The summed E-state index contributed by atoms with van der Waals surface area (Å²) in [6.07, 6.45) is 6.19. The van der Waals surface area contributed by atoms with Crippen LogP contribution in [0.25, 0.3) is 0 Å². The summed E-state index contributed by atoms with van der Waals surface area (Å²) in [4.78, 5) is 13.8. The molecule has 1 aromatic rings. The van der Waals surface area contributed by atoms with Gasteiger partial charge in [0.15, 0.2) is 5.75 Å². The highest BCUT2D eigenvalue weighted by atomic mass is 16.4. The summed E-state index contributed by atoms with van der Waals surface area (Å²) >= 11 is 0. The van der Waals surface area contributed by atoms with Crippen LogP contribution in [0.4, 0.5) is 0 Å². The van der Waals surface area contributed by atoms with Gasteiger partial charge in [-0.3, -0.25) is 9.69 Å². The normalized spacial score (nSPS) is 27.8. The third kappa shape index (κ3) is 3.04. The predicted octanol–water partition coefficient (Wildman–Crippen LogP) is 1.31. The van der Waals surface area contributed by atoms with Crippen molar-refractivity contribution in [3.05, 3.63) is 28.3 Å². The molecule has 5 heteroatoms. The van der Waals surface area contributed by atoms with E-state index in [-0.39, 0.29) is 11.2 Å². The maximum Gasteiger partial charge on any atom is 0.226 e. The Kier molecular flexibility index (Phi) is 4.08. The Hall–Kier alpha value is -1.33. The molecule has 2 fully saturated rings. The first kappa shape index (κ1) is 13.6. The van der Waals surface area contributed by atoms with Gasteiger partial charge < -0.3 is 14.8 Å². The quantitative estimate of drug-likeness (QED) is 0.872. The van der Waals surface area contributed by atoms with E-state index >= 15 is 0 Å². The van der Waals surface area contributed by atoms with Crippen LogP contribution in [0.1, 0.15) is 31.4 Å². The molecule has 2 aliphatic heterocycles. The van der Waals surface area contributed by atoms with Crippen LogP contribution < -0.4 is 10.7 Å². The maximum absolute atomic E-state index is 11.4. The number of piperidine rings is 1. The van der Waals surface area contributed by atoms with E-state index in [1.165, 1.54) is 31.7 Å². The number of rotatable bonds is 3. The number of likely N-dealkylation sites (tertiary alicyclic amines) is 1. The topological polar surface area (TPSA) is 65.7 Å². The molecule has 5 nitrogen and oxygen atoms in total. The lowest BCUT2D eigenvalue weighted by Crippen LogP contribution is -2.43. The zero-order valence-corrected chi connectivity index (χ0v) is 11.7. The van der Waals surface area contributed by atoms with Gasteiger partial charge in [0.1, 0.15) is 12.0 Å². The van der Waals surface area contributed by atoms with E-state index < -0.39 is 0 Å². The van der Waals surface area contributed by atoms with Gasteiger partial charge >= 0.3 is 0 Å². The van der Waals surface area contributed by atoms with Gasteiger partial charge in [0.25, 0.3) is 0 Å². The van der Waals surface area contributed by atoms with E-state index in [4.69, 9.17) is 4.42 Å². The van der Waals surface area contributed by atoms with Crippen molar-refractivity contribution in [2.45, 2.75) is 38.3 Å². The van der Waals surface area contributed by atoms with E-state index in [0.29, 0.717) is 24.3 Å². The predicted molar refractivity (Wildman–Crippen MR) is 75.7 cm³/mol. The van der Waals surface area contributed by atoms with Crippen molar-refractivity contribution < 1.29 is 9.52 Å². The fourth-order valence-electron chi connectivity index (χ4n) is 3.42. The molecular weight excluding hydrogens is 256 g/mol. The number of nitrogens with zero attached hydrogens (tertiary/aromatic N) is 1. The van der Waals surface area contributed by atoms with Gasteiger partial charge in [-0.05, 0) is 44.7 Å². The number of aromatic hydroxyl groups is 1. The van der Waals surface area contributed by atoms with E-state index in [0.717, 1.165) is 25.9 Å². The molecule has 0 radical (unpaired) electrons. The Morgan fingerprint density at radius 1 is 1.40 bits per heavy atom. The van der Waals surface area contributed by atoms with Crippen molar-refractivity contribution in [2.75, 3.05) is 19.6 Å². The second-order valence-electron chi connectivity index (χ2n) is 5.94. The highest BCUT2D eigenvalue weighted by molar-refractivity contribution is 5.15. The summed E-state index contributed by atoms with van der Waals surface area (Å²) in [5, 5.41) is 12.8. The van der Waals surface area contributed by atoms with Crippen LogP contribution in [-0.4, -0.2) is 35.7 Å². The molecule has 2 N–H and O–H groups in total. The van der Waals surface area contributed by atoms with Crippen LogP contribution in [0.5, 0.6) is 5.75 Å². The summed E-state index contributed by atoms with van der Waals surface area (Å²) in [5.74, 6) is 1.02. The van der Waals surface area contributed by atoms with Crippen LogP contribution in [0.3, 0.4) is 0 Å². The maximum atomic E-state index is 11.4. The van der Waals surface area contributed by atoms with Crippen molar-refractivity contribution >= 4 is 0 Å². The molecule has 3 heterocycles. The third-order valence-corrected chi connectivity index (χ3v) is 4.46. The molecule has 0 aromatic carbocycles. The summed E-state index contributed by atoms with van der Waals surface area (Å²) < 4.78 is 5.30. The van der Waals surface area contributed by atoms with Gasteiger partial charge in [-0.15, -0.1) is 0 Å². The molecule has 2 saturated heterocycles. The lowest BCUT2D eigenvalue weighted by Gasteiger charge is -2.35. The standard InChI is InChI=1S/C15H22N2O3/c18-14-7-12(20-10-15(14)19)9-17-6-2-3-11(8-17)13-4-1-5-16-13/h7,10-11,13,16,19H,1-6,8-9H2. The molecular formula is C15H22N2O3. The zero-order chi connectivity index (χ0) is 13.9. The first-order valence-electron chi connectivity index (χ1n) is 7.49. The first-order chi connectivity index (χ1) is 9.72. The van der Waals surface area contributed by atoms with Crippen molar-refractivity contribution in [1.82, 2.24) is 10.2 Å². The fourth-order valence-corrected chi connectivity index (χ4v) is 3.42. The highest BCUT2D eigenvalue weighted by Crippen LogP contribution is 2.25. The summed E-state index contributed by atoms with van der Waals surface area (Å²) in [6, 6.07) is 2.05. The van der Waals surface area contributed by atoms with E-state index in [2.05, 4.69) is 10.2 Å². The summed E-state index contributed by atoms with van der Waals surface area (Å²) in [5.41, 5.74) is -0.364. The van der Waals surface area contributed by atoms with Crippen molar-refractivity contribution in [3.63, 3.8) is 0 Å². The van der Waals surface area contributed by atoms with Gasteiger partial charge in [0.2, 0.25) is 5.43 Å². The zero-order valence-electron chi connectivity index (χ0n) is 11.7. The van der Waals surface area contributed by atoms with Crippen LogP contribution in [0, 0.1) is 5.92 Å². The van der Waals surface area contributed by atoms with Crippen LogP contribution in [0.15, 0.2) is 21.5 Å². The molecule has 2 aliphatic rings. The molecule has 1 aromatic heterocycles. The molecule has 0 bridgehead atoms.